The lowest BCUT2D eigenvalue weighted by Crippen LogP contribution is -2.07. The third-order valence-electron chi connectivity index (χ3n) is 3.83. The van der Waals surface area contributed by atoms with Crippen LogP contribution in [-0.2, 0) is 9.59 Å². The zero-order chi connectivity index (χ0) is 20.2. The van der Waals surface area contributed by atoms with Crippen molar-refractivity contribution in [3.05, 3.63) is 34.9 Å². The Kier molecular flexibility index (Phi) is 13.8. The molecule has 0 amide bonds. The van der Waals surface area contributed by atoms with E-state index in [1.165, 1.54) is 5.56 Å². The maximum absolute atomic E-state index is 11.3. The Labute approximate surface area is 154 Å². The number of benzene rings is 1. The molecule has 0 aliphatic rings. The molecular weight excluding hydrogens is 312 g/mol. The van der Waals surface area contributed by atoms with E-state index >= 15 is 0 Å². The van der Waals surface area contributed by atoms with Crippen LogP contribution in [0.25, 0.3) is 0 Å². The van der Waals surface area contributed by atoms with E-state index in [0.29, 0.717) is 18.8 Å². The van der Waals surface area contributed by atoms with Crippen molar-refractivity contribution in [1.82, 2.24) is 0 Å². The van der Waals surface area contributed by atoms with Gasteiger partial charge < -0.3 is 4.79 Å². The zero-order valence-corrected chi connectivity index (χ0v) is 17.5. The maximum Gasteiger partial charge on any atom is 0.160 e. The lowest BCUT2D eigenvalue weighted by Gasteiger charge is -2.11. The van der Waals surface area contributed by atoms with Crippen LogP contribution in [0.5, 0.6) is 0 Å². The first-order valence-corrected chi connectivity index (χ1v) is 9.17. The van der Waals surface area contributed by atoms with Gasteiger partial charge in [0.15, 0.2) is 5.78 Å². The van der Waals surface area contributed by atoms with E-state index in [4.69, 9.17) is 0 Å². The van der Waals surface area contributed by atoms with Crippen molar-refractivity contribution < 1.29 is 14.4 Å². The van der Waals surface area contributed by atoms with Gasteiger partial charge in [0.2, 0.25) is 0 Å². The fraction of sp³-hybridized carbons (Fsp3) is 0.591. The molecule has 1 rings (SSSR count). The van der Waals surface area contributed by atoms with Crippen LogP contribution in [0, 0.1) is 12.8 Å². The topological polar surface area (TPSA) is 51.2 Å². The van der Waals surface area contributed by atoms with Crippen molar-refractivity contribution in [2.75, 3.05) is 0 Å². The fourth-order valence-corrected chi connectivity index (χ4v) is 2.10. The van der Waals surface area contributed by atoms with Crippen molar-refractivity contribution >= 4 is 17.3 Å². The number of rotatable bonds is 6. The summed E-state index contributed by atoms with van der Waals surface area (Å²) in [5.74, 6) is 0.945. The molecular formula is C22H36O3. The zero-order valence-electron chi connectivity index (χ0n) is 17.5. The molecule has 1 atom stereocenters. The summed E-state index contributed by atoms with van der Waals surface area (Å²) in [5.41, 5.74) is 3.24. The quantitative estimate of drug-likeness (QED) is 0.599. The van der Waals surface area contributed by atoms with E-state index < -0.39 is 0 Å². The highest BCUT2D eigenvalue weighted by atomic mass is 16.1. The lowest BCUT2D eigenvalue weighted by atomic mass is 9.93. The highest BCUT2D eigenvalue weighted by Gasteiger charge is 2.09. The molecule has 3 nitrogen and oxygen atoms in total. The van der Waals surface area contributed by atoms with Gasteiger partial charge in [-0.15, -0.1) is 0 Å². The number of hydrogen-bond donors (Lipinski definition) is 0. The number of carbonyl (C=O) groups excluding carboxylic acids is 3. The molecule has 1 aromatic carbocycles. The minimum absolute atomic E-state index is 0.0453. The van der Waals surface area contributed by atoms with Gasteiger partial charge in [0.25, 0.3) is 0 Å². The second-order valence-electron chi connectivity index (χ2n) is 6.55. The molecule has 0 aliphatic heterocycles. The lowest BCUT2D eigenvalue weighted by molar-refractivity contribution is -0.121. The predicted molar refractivity (Wildman–Crippen MR) is 106 cm³/mol. The second-order valence-corrected chi connectivity index (χ2v) is 6.55. The number of Topliss-reactive ketones (excluding diaryl/α,β-unsaturated/α-hetero) is 3. The van der Waals surface area contributed by atoms with Crippen molar-refractivity contribution in [3.8, 4) is 0 Å². The Morgan fingerprint density at radius 3 is 1.84 bits per heavy atom. The van der Waals surface area contributed by atoms with Crippen molar-refractivity contribution in [3.63, 3.8) is 0 Å². The van der Waals surface area contributed by atoms with Gasteiger partial charge in [0.1, 0.15) is 11.6 Å². The highest BCUT2D eigenvalue weighted by molar-refractivity contribution is 5.95. The second kappa shape index (κ2) is 13.5. The van der Waals surface area contributed by atoms with E-state index in [0.717, 1.165) is 11.1 Å². The molecule has 0 bridgehead atoms. The molecule has 0 heterocycles. The third kappa shape index (κ3) is 11.4. The third-order valence-corrected chi connectivity index (χ3v) is 3.83. The van der Waals surface area contributed by atoms with E-state index in [-0.39, 0.29) is 23.3 Å². The normalized spacial score (nSPS) is 10.8. The molecule has 0 saturated heterocycles. The summed E-state index contributed by atoms with van der Waals surface area (Å²) in [5, 5.41) is 0. The monoisotopic (exact) mass is 348 g/mol. The first kappa shape index (κ1) is 25.5. The van der Waals surface area contributed by atoms with Crippen LogP contribution in [-0.4, -0.2) is 17.3 Å². The van der Waals surface area contributed by atoms with Crippen LogP contribution in [0.3, 0.4) is 0 Å². The van der Waals surface area contributed by atoms with E-state index in [1.54, 1.807) is 20.8 Å². The number of ketones is 3. The molecule has 3 heteroatoms. The van der Waals surface area contributed by atoms with Crippen molar-refractivity contribution in [2.24, 2.45) is 5.92 Å². The Bertz CT molecular complexity index is 556. The largest absolute Gasteiger partial charge is 0.300 e. The molecule has 1 unspecified atom stereocenters. The SMILES string of the molecule is CC.CC(=O)CCC(C)C(C)=O.CC(=O)c1ccc(C)cc1C(C)C. The average molecular weight is 349 g/mol. The van der Waals surface area contributed by atoms with Gasteiger partial charge in [-0.2, -0.15) is 0 Å². The molecule has 0 saturated carbocycles. The van der Waals surface area contributed by atoms with Gasteiger partial charge in [0.05, 0.1) is 0 Å². The van der Waals surface area contributed by atoms with Gasteiger partial charge in [-0.25, -0.2) is 0 Å². The summed E-state index contributed by atoms with van der Waals surface area (Å²) in [6.07, 6.45) is 1.23. The van der Waals surface area contributed by atoms with Crippen LogP contribution in [0.1, 0.15) is 95.6 Å². The summed E-state index contributed by atoms with van der Waals surface area (Å²) < 4.78 is 0. The predicted octanol–water partition coefficient (Wildman–Crippen LogP) is 5.93. The number of aryl methyl sites for hydroxylation is 1. The Morgan fingerprint density at radius 2 is 1.48 bits per heavy atom. The molecule has 0 N–H and O–H groups in total. The first-order chi connectivity index (χ1) is 11.6. The summed E-state index contributed by atoms with van der Waals surface area (Å²) >= 11 is 0. The van der Waals surface area contributed by atoms with Gasteiger partial charge in [0, 0.05) is 17.9 Å². The van der Waals surface area contributed by atoms with E-state index in [9.17, 15) is 14.4 Å². The molecule has 1 aromatic rings. The van der Waals surface area contributed by atoms with Crippen LogP contribution < -0.4 is 0 Å². The minimum atomic E-state index is 0.0453. The van der Waals surface area contributed by atoms with Crippen molar-refractivity contribution in [2.45, 2.75) is 81.1 Å². The fourth-order valence-electron chi connectivity index (χ4n) is 2.10. The van der Waals surface area contributed by atoms with E-state index in [1.807, 2.05) is 32.9 Å². The van der Waals surface area contributed by atoms with Crippen molar-refractivity contribution in [1.29, 1.82) is 0 Å². The van der Waals surface area contributed by atoms with E-state index in [2.05, 4.69) is 26.8 Å². The summed E-state index contributed by atoms with van der Waals surface area (Å²) in [6.45, 7) is 16.9. The molecule has 0 aromatic heterocycles. The molecule has 142 valence electrons. The van der Waals surface area contributed by atoms with Gasteiger partial charge in [-0.05, 0) is 45.6 Å². The average Bonchev–Trinajstić information content (AvgIpc) is 2.54. The summed E-state index contributed by atoms with van der Waals surface area (Å²) in [6, 6.07) is 6.01. The van der Waals surface area contributed by atoms with Gasteiger partial charge in [-0.3, -0.25) is 9.59 Å². The standard InChI is InChI=1S/C12H16O.C8H14O2.C2H6/c1-8(2)12-7-9(3)5-6-11(12)10(4)13;1-6(8(3)10)4-5-7(2)9;1-2/h5-8H,1-4H3;6H,4-5H2,1-3H3;1-2H3. The first-order valence-electron chi connectivity index (χ1n) is 9.17. The molecule has 0 aliphatic carbocycles. The summed E-state index contributed by atoms with van der Waals surface area (Å²) in [7, 11) is 0. The van der Waals surface area contributed by atoms with Crippen LogP contribution in [0.15, 0.2) is 18.2 Å². The Hall–Kier alpha value is -1.77. The minimum Gasteiger partial charge on any atom is -0.300 e. The smallest absolute Gasteiger partial charge is 0.160 e. The highest BCUT2D eigenvalue weighted by Crippen LogP contribution is 2.21. The molecule has 0 spiro atoms. The molecule has 25 heavy (non-hydrogen) atoms. The van der Waals surface area contributed by atoms with Crippen LogP contribution in [0.4, 0.5) is 0 Å². The molecule has 0 fully saturated rings. The Balaban J connectivity index is 0. The van der Waals surface area contributed by atoms with Crippen LogP contribution >= 0.6 is 0 Å². The van der Waals surface area contributed by atoms with Gasteiger partial charge in [-0.1, -0.05) is 58.4 Å². The number of carbonyl (C=O) groups is 3. The van der Waals surface area contributed by atoms with Crippen LogP contribution in [0.2, 0.25) is 0 Å². The number of hydrogen-bond acceptors (Lipinski definition) is 3. The maximum atomic E-state index is 11.3. The molecule has 0 radical (unpaired) electrons. The Morgan fingerprint density at radius 1 is 0.960 bits per heavy atom. The summed E-state index contributed by atoms with van der Waals surface area (Å²) in [4.78, 5) is 32.4. The van der Waals surface area contributed by atoms with Gasteiger partial charge >= 0.3 is 0 Å².